The van der Waals surface area contributed by atoms with Crippen LogP contribution in [0.25, 0.3) is 0 Å². The Morgan fingerprint density at radius 3 is 2.68 bits per heavy atom. The van der Waals surface area contributed by atoms with Gasteiger partial charge in [-0.2, -0.15) is 0 Å². The van der Waals surface area contributed by atoms with Crippen LogP contribution < -0.4 is 10.6 Å². The van der Waals surface area contributed by atoms with Crippen molar-refractivity contribution in [2.24, 2.45) is 0 Å². The summed E-state index contributed by atoms with van der Waals surface area (Å²) < 4.78 is 5.58. The van der Waals surface area contributed by atoms with Gasteiger partial charge in [-0.1, -0.05) is 30.3 Å². The number of likely N-dealkylation sites (N-methyl/N-ethyl adjacent to an activating group) is 1. The van der Waals surface area contributed by atoms with Gasteiger partial charge in [-0.25, -0.2) is 0 Å². The Labute approximate surface area is 114 Å². The number of aliphatic hydroxyl groups is 1. The van der Waals surface area contributed by atoms with Gasteiger partial charge in [0, 0.05) is 13.6 Å². The smallest absolute Gasteiger partial charge is 0.233 e. The van der Waals surface area contributed by atoms with Crippen LogP contribution in [0.1, 0.15) is 18.6 Å². The van der Waals surface area contributed by atoms with E-state index in [1.165, 1.54) is 0 Å². The predicted molar refractivity (Wildman–Crippen MR) is 73.8 cm³/mol. The van der Waals surface area contributed by atoms with Crippen molar-refractivity contribution in [1.29, 1.82) is 0 Å². The Bertz CT molecular complexity index is 370. The molecule has 5 heteroatoms. The first-order valence-electron chi connectivity index (χ1n) is 6.39. The first kappa shape index (κ1) is 15.6. The number of benzene rings is 1. The molecule has 0 bridgehead atoms. The quantitative estimate of drug-likeness (QED) is 0.639. The normalized spacial score (nSPS) is 13.8. The van der Waals surface area contributed by atoms with E-state index in [9.17, 15) is 9.90 Å². The van der Waals surface area contributed by atoms with Gasteiger partial charge in [0.15, 0.2) is 0 Å². The predicted octanol–water partition coefficient (Wildman–Crippen LogP) is 0.461. The molecule has 1 rings (SSSR count). The zero-order chi connectivity index (χ0) is 14.1. The standard InChI is InChI=1S/C14H22N2O3/c1-11(12-6-4-3-5-7-12)19-10-13(17)8-16-9-14(18)15-2/h3-7,11,13,16-17H,8-10H2,1-2H3,(H,15,18). The largest absolute Gasteiger partial charge is 0.389 e. The number of hydrogen-bond donors (Lipinski definition) is 3. The Morgan fingerprint density at radius 1 is 1.37 bits per heavy atom. The van der Waals surface area contributed by atoms with Crippen molar-refractivity contribution in [2.45, 2.75) is 19.1 Å². The van der Waals surface area contributed by atoms with Gasteiger partial charge < -0.3 is 20.5 Å². The number of aliphatic hydroxyl groups excluding tert-OH is 1. The maximum absolute atomic E-state index is 11.0. The van der Waals surface area contributed by atoms with E-state index in [1.54, 1.807) is 7.05 Å². The third-order valence-electron chi connectivity index (χ3n) is 2.75. The van der Waals surface area contributed by atoms with Gasteiger partial charge in [0.05, 0.1) is 25.4 Å². The van der Waals surface area contributed by atoms with Crippen molar-refractivity contribution >= 4 is 5.91 Å². The zero-order valence-corrected chi connectivity index (χ0v) is 11.4. The van der Waals surface area contributed by atoms with Crippen molar-refractivity contribution in [2.75, 3.05) is 26.7 Å². The molecule has 1 amide bonds. The van der Waals surface area contributed by atoms with Gasteiger partial charge >= 0.3 is 0 Å². The lowest BCUT2D eigenvalue weighted by molar-refractivity contribution is -0.119. The summed E-state index contributed by atoms with van der Waals surface area (Å²) in [5.74, 6) is -0.106. The minimum atomic E-state index is -0.629. The molecule has 106 valence electrons. The number of amides is 1. The molecule has 0 spiro atoms. The average Bonchev–Trinajstić information content (AvgIpc) is 2.45. The summed E-state index contributed by atoms with van der Waals surface area (Å²) >= 11 is 0. The molecule has 1 aromatic rings. The van der Waals surface area contributed by atoms with Gasteiger partial charge in [0.25, 0.3) is 0 Å². The maximum Gasteiger partial charge on any atom is 0.233 e. The van der Waals surface area contributed by atoms with E-state index in [1.807, 2.05) is 37.3 Å². The van der Waals surface area contributed by atoms with Gasteiger partial charge in [0.2, 0.25) is 5.91 Å². The Kier molecular flexibility index (Phi) is 7.10. The molecule has 0 saturated heterocycles. The fraction of sp³-hybridized carbons (Fsp3) is 0.500. The SMILES string of the molecule is CNC(=O)CNCC(O)COC(C)c1ccccc1. The van der Waals surface area contributed by atoms with Gasteiger partial charge in [0.1, 0.15) is 0 Å². The highest BCUT2D eigenvalue weighted by Crippen LogP contribution is 2.15. The number of rotatable bonds is 8. The number of carbonyl (C=O) groups excluding carboxylic acids is 1. The van der Waals surface area contributed by atoms with Crippen molar-refractivity contribution < 1.29 is 14.6 Å². The maximum atomic E-state index is 11.0. The lowest BCUT2D eigenvalue weighted by Gasteiger charge is -2.17. The summed E-state index contributed by atoms with van der Waals surface area (Å²) in [4.78, 5) is 11.0. The minimum absolute atomic E-state index is 0.0604. The molecule has 0 radical (unpaired) electrons. The van der Waals surface area contributed by atoms with Crippen LogP contribution in [0.5, 0.6) is 0 Å². The zero-order valence-electron chi connectivity index (χ0n) is 11.4. The topological polar surface area (TPSA) is 70.6 Å². The minimum Gasteiger partial charge on any atom is -0.389 e. The van der Waals surface area contributed by atoms with Gasteiger partial charge in [-0.15, -0.1) is 0 Å². The highest BCUT2D eigenvalue weighted by molar-refractivity contribution is 5.77. The van der Waals surface area contributed by atoms with Crippen LogP contribution in [0, 0.1) is 0 Å². The summed E-state index contributed by atoms with van der Waals surface area (Å²) in [6, 6.07) is 9.84. The van der Waals surface area contributed by atoms with E-state index in [-0.39, 0.29) is 25.2 Å². The molecule has 0 aliphatic rings. The fourth-order valence-corrected chi connectivity index (χ4v) is 1.58. The highest BCUT2D eigenvalue weighted by atomic mass is 16.5. The lowest BCUT2D eigenvalue weighted by Crippen LogP contribution is -2.37. The molecule has 19 heavy (non-hydrogen) atoms. The van der Waals surface area contributed by atoms with E-state index in [0.29, 0.717) is 6.54 Å². The third kappa shape index (κ3) is 6.33. The first-order valence-corrected chi connectivity index (χ1v) is 6.39. The monoisotopic (exact) mass is 266 g/mol. The van der Waals surface area contributed by atoms with Crippen LogP contribution in [0.4, 0.5) is 0 Å². The van der Waals surface area contributed by atoms with Crippen LogP contribution in [0.2, 0.25) is 0 Å². The van der Waals surface area contributed by atoms with E-state index < -0.39 is 6.10 Å². The second-order valence-electron chi connectivity index (χ2n) is 4.34. The van der Waals surface area contributed by atoms with Crippen molar-refractivity contribution in [1.82, 2.24) is 10.6 Å². The van der Waals surface area contributed by atoms with Crippen LogP contribution in [0.3, 0.4) is 0 Å². The van der Waals surface area contributed by atoms with Gasteiger partial charge in [-0.05, 0) is 12.5 Å². The molecule has 2 unspecified atom stereocenters. The van der Waals surface area contributed by atoms with Crippen molar-refractivity contribution in [3.63, 3.8) is 0 Å². The number of carbonyl (C=O) groups is 1. The summed E-state index contributed by atoms with van der Waals surface area (Å²) in [6.07, 6.45) is -0.689. The molecule has 3 N–H and O–H groups in total. The average molecular weight is 266 g/mol. The summed E-state index contributed by atoms with van der Waals surface area (Å²) in [7, 11) is 1.57. The second-order valence-corrected chi connectivity index (χ2v) is 4.34. The number of nitrogens with one attached hydrogen (secondary N) is 2. The molecule has 0 aliphatic carbocycles. The first-order chi connectivity index (χ1) is 9.13. The van der Waals surface area contributed by atoms with Crippen molar-refractivity contribution in [3.8, 4) is 0 Å². The molecular weight excluding hydrogens is 244 g/mol. The molecule has 0 heterocycles. The lowest BCUT2D eigenvalue weighted by atomic mass is 10.1. The molecule has 0 fully saturated rings. The number of ether oxygens (including phenoxy) is 1. The molecule has 5 nitrogen and oxygen atoms in total. The van der Waals surface area contributed by atoms with E-state index in [0.717, 1.165) is 5.56 Å². The summed E-state index contributed by atoms with van der Waals surface area (Å²) in [6.45, 7) is 2.70. The van der Waals surface area contributed by atoms with Crippen molar-refractivity contribution in [3.05, 3.63) is 35.9 Å². The Balaban J connectivity index is 2.19. The van der Waals surface area contributed by atoms with E-state index >= 15 is 0 Å². The van der Waals surface area contributed by atoms with E-state index in [2.05, 4.69) is 10.6 Å². The Hall–Kier alpha value is -1.43. The van der Waals surface area contributed by atoms with Crippen LogP contribution >= 0.6 is 0 Å². The van der Waals surface area contributed by atoms with Crippen LogP contribution in [-0.2, 0) is 9.53 Å². The number of hydrogen-bond acceptors (Lipinski definition) is 4. The summed E-state index contributed by atoms with van der Waals surface area (Å²) in [5.41, 5.74) is 1.08. The van der Waals surface area contributed by atoms with Crippen LogP contribution in [0.15, 0.2) is 30.3 Å². The Morgan fingerprint density at radius 2 is 2.05 bits per heavy atom. The van der Waals surface area contributed by atoms with E-state index in [4.69, 9.17) is 4.74 Å². The molecule has 0 saturated carbocycles. The van der Waals surface area contributed by atoms with Gasteiger partial charge in [-0.3, -0.25) is 4.79 Å². The second kappa shape index (κ2) is 8.63. The third-order valence-corrected chi connectivity index (χ3v) is 2.75. The fourth-order valence-electron chi connectivity index (χ4n) is 1.58. The molecule has 2 atom stereocenters. The molecule has 1 aromatic carbocycles. The molecule has 0 aliphatic heterocycles. The highest BCUT2D eigenvalue weighted by Gasteiger charge is 2.09. The molecular formula is C14H22N2O3. The summed E-state index contributed by atoms with van der Waals surface area (Å²) in [5, 5.41) is 15.1. The van der Waals surface area contributed by atoms with Crippen LogP contribution in [-0.4, -0.2) is 43.9 Å². The molecule has 0 aromatic heterocycles.